The van der Waals surface area contributed by atoms with Gasteiger partial charge in [-0.05, 0) is 5.16 Å². The highest BCUT2D eigenvalue weighted by Gasteiger charge is 2.27. The lowest BCUT2D eigenvalue weighted by Gasteiger charge is -2.30. The number of aromatic nitrogens is 2. The predicted molar refractivity (Wildman–Crippen MR) is 60.0 cm³/mol. The van der Waals surface area contributed by atoms with Gasteiger partial charge in [0.2, 0.25) is 5.89 Å². The monoisotopic (exact) mass is 240 g/mol. The zero-order valence-electron chi connectivity index (χ0n) is 9.88. The molecule has 0 aliphatic carbocycles. The maximum atomic E-state index is 10.9. The number of hydrogen-bond acceptors (Lipinski definition) is 6. The van der Waals surface area contributed by atoms with Crippen molar-refractivity contribution in [1.82, 2.24) is 15.5 Å². The summed E-state index contributed by atoms with van der Waals surface area (Å²) in [7, 11) is 0. The van der Waals surface area contributed by atoms with Gasteiger partial charge < -0.3 is 19.8 Å². The van der Waals surface area contributed by atoms with Crippen molar-refractivity contribution in [2.24, 2.45) is 0 Å². The standard InChI is InChI=1S/C10H16N4O3/c1-6(2)8-12-10(13-17-8)14-4-3-11-7(5-14)9(15)16/h6-7,11H,3-5H2,1-2H3,(H,15,16). The number of aliphatic carboxylic acids is 1. The Morgan fingerprint density at radius 2 is 2.41 bits per heavy atom. The second-order valence-corrected chi connectivity index (χ2v) is 4.38. The molecule has 1 atom stereocenters. The normalized spacial score (nSPS) is 20.9. The Bertz CT molecular complexity index is 404. The molecule has 17 heavy (non-hydrogen) atoms. The molecule has 1 aromatic heterocycles. The number of anilines is 1. The Morgan fingerprint density at radius 3 is 3.00 bits per heavy atom. The van der Waals surface area contributed by atoms with E-state index in [-0.39, 0.29) is 5.92 Å². The van der Waals surface area contributed by atoms with Crippen LogP contribution in [0.5, 0.6) is 0 Å². The fraction of sp³-hybridized carbons (Fsp3) is 0.700. The van der Waals surface area contributed by atoms with Gasteiger partial charge in [0.15, 0.2) is 0 Å². The first-order chi connectivity index (χ1) is 8.08. The van der Waals surface area contributed by atoms with Crippen LogP contribution in [0.15, 0.2) is 4.52 Å². The summed E-state index contributed by atoms with van der Waals surface area (Å²) in [4.78, 5) is 17.0. The molecular formula is C10H16N4O3. The van der Waals surface area contributed by atoms with E-state index in [1.165, 1.54) is 0 Å². The van der Waals surface area contributed by atoms with Gasteiger partial charge in [0.05, 0.1) is 0 Å². The van der Waals surface area contributed by atoms with Crippen molar-refractivity contribution in [1.29, 1.82) is 0 Å². The van der Waals surface area contributed by atoms with Crippen molar-refractivity contribution >= 4 is 11.9 Å². The summed E-state index contributed by atoms with van der Waals surface area (Å²) in [6.45, 7) is 5.57. The van der Waals surface area contributed by atoms with Crippen LogP contribution in [0.3, 0.4) is 0 Å². The van der Waals surface area contributed by atoms with Gasteiger partial charge in [-0.3, -0.25) is 4.79 Å². The number of nitrogens with one attached hydrogen (secondary N) is 1. The maximum Gasteiger partial charge on any atom is 0.322 e. The van der Waals surface area contributed by atoms with Crippen LogP contribution in [0.1, 0.15) is 25.7 Å². The first-order valence-electron chi connectivity index (χ1n) is 5.62. The lowest BCUT2D eigenvalue weighted by Crippen LogP contribution is -2.54. The molecule has 1 aromatic rings. The number of carbonyl (C=O) groups is 1. The molecule has 1 saturated heterocycles. The maximum absolute atomic E-state index is 10.9. The van der Waals surface area contributed by atoms with E-state index in [1.807, 2.05) is 18.7 Å². The van der Waals surface area contributed by atoms with Crippen LogP contribution < -0.4 is 10.2 Å². The fourth-order valence-corrected chi connectivity index (χ4v) is 1.69. The van der Waals surface area contributed by atoms with Gasteiger partial charge >= 0.3 is 5.97 Å². The Morgan fingerprint density at radius 1 is 1.65 bits per heavy atom. The SMILES string of the molecule is CC(C)c1nc(N2CCNC(C(=O)O)C2)no1. The summed E-state index contributed by atoms with van der Waals surface area (Å²) in [5.74, 6) is 0.364. The summed E-state index contributed by atoms with van der Waals surface area (Å²) in [6.07, 6.45) is 0. The zero-order valence-corrected chi connectivity index (χ0v) is 9.88. The lowest BCUT2D eigenvalue weighted by atomic mass is 10.2. The molecule has 1 unspecified atom stereocenters. The summed E-state index contributed by atoms with van der Waals surface area (Å²) >= 11 is 0. The highest BCUT2D eigenvalue weighted by atomic mass is 16.5. The minimum Gasteiger partial charge on any atom is -0.480 e. The van der Waals surface area contributed by atoms with Crippen molar-refractivity contribution in [2.45, 2.75) is 25.8 Å². The van der Waals surface area contributed by atoms with Gasteiger partial charge in [-0.1, -0.05) is 13.8 Å². The Balaban J connectivity index is 2.08. The summed E-state index contributed by atoms with van der Waals surface area (Å²) in [5.41, 5.74) is 0. The Kier molecular flexibility index (Phi) is 3.28. The number of carboxylic acid groups (broad SMARTS) is 1. The largest absolute Gasteiger partial charge is 0.480 e. The van der Waals surface area contributed by atoms with E-state index in [9.17, 15) is 4.79 Å². The number of nitrogens with zero attached hydrogens (tertiary/aromatic N) is 3. The van der Waals surface area contributed by atoms with E-state index in [0.29, 0.717) is 31.5 Å². The van der Waals surface area contributed by atoms with Gasteiger partial charge in [-0.25, -0.2) is 0 Å². The van der Waals surface area contributed by atoms with E-state index < -0.39 is 12.0 Å². The molecule has 0 amide bonds. The van der Waals surface area contributed by atoms with Crippen LogP contribution in [0.25, 0.3) is 0 Å². The quantitative estimate of drug-likeness (QED) is 0.771. The number of carboxylic acids is 1. The molecule has 0 aromatic carbocycles. The average molecular weight is 240 g/mol. The zero-order chi connectivity index (χ0) is 12.4. The Hall–Kier alpha value is -1.63. The van der Waals surface area contributed by atoms with E-state index in [4.69, 9.17) is 9.63 Å². The highest BCUT2D eigenvalue weighted by Crippen LogP contribution is 2.17. The van der Waals surface area contributed by atoms with Crippen molar-refractivity contribution in [3.63, 3.8) is 0 Å². The molecule has 0 saturated carbocycles. The topological polar surface area (TPSA) is 91.5 Å². The molecule has 1 fully saturated rings. The third kappa shape index (κ3) is 2.55. The molecule has 0 bridgehead atoms. The molecule has 2 rings (SSSR count). The number of hydrogen-bond donors (Lipinski definition) is 2. The van der Waals surface area contributed by atoms with Gasteiger partial charge in [0.1, 0.15) is 6.04 Å². The van der Waals surface area contributed by atoms with Crippen LogP contribution in [-0.4, -0.2) is 46.9 Å². The van der Waals surface area contributed by atoms with Crippen LogP contribution in [0.2, 0.25) is 0 Å². The minimum atomic E-state index is -0.859. The molecule has 7 heteroatoms. The van der Waals surface area contributed by atoms with Crippen LogP contribution >= 0.6 is 0 Å². The smallest absolute Gasteiger partial charge is 0.322 e. The van der Waals surface area contributed by atoms with Crippen molar-refractivity contribution < 1.29 is 14.4 Å². The van der Waals surface area contributed by atoms with E-state index in [0.717, 1.165) is 0 Å². The first-order valence-corrected chi connectivity index (χ1v) is 5.62. The van der Waals surface area contributed by atoms with E-state index in [2.05, 4.69) is 15.5 Å². The Labute approximate surface area is 98.8 Å². The van der Waals surface area contributed by atoms with Crippen molar-refractivity contribution in [3.05, 3.63) is 5.89 Å². The number of piperazine rings is 1. The molecule has 1 aliphatic rings. The molecule has 0 radical (unpaired) electrons. The average Bonchev–Trinajstić information content (AvgIpc) is 2.78. The van der Waals surface area contributed by atoms with Crippen molar-refractivity contribution in [2.75, 3.05) is 24.5 Å². The third-order valence-electron chi connectivity index (χ3n) is 2.68. The second-order valence-electron chi connectivity index (χ2n) is 4.38. The lowest BCUT2D eigenvalue weighted by molar-refractivity contribution is -0.139. The van der Waals surface area contributed by atoms with E-state index in [1.54, 1.807) is 0 Å². The van der Waals surface area contributed by atoms with Crippen LogP contribution in [-0.2, 0) is 4.79 Å². The molecule has 0 spiro atoms. The molecular weight excluding hydrogens is 224 g/mol. The molecule has 1 aliphatic heterocycles. The summed E-state index contributed by atoms with van der Waals surface area (Å²) in [6, 6.07) is -0.579. The van der Waals surface area contributed by atoms with Gasteiger partial charge in [-0.15, -0.1) is 0 Å². The van der Waals surface area contributed by atoms with Crippen molar-refractivity contribution in [3.8, 4) is 0 Å². The molecule has 2 N–H and O–H groups in total. The van der Waals surface area contributed by atoms with Gasteiger partial charge in [0.25, 0.3) is 5.95 Å². The third-order valence-corrected chi connectivity index (χ3v) is 2.68. The van der Waals surface area contributed by atoms with Crippen LogP contribution in [0.4, 0.5) is 5.95 Å². The second kappa shape index (κ2) is 4.70. The van der Waals surface area contributed by atoms with Gasteiger partial charge in [-0.2, -0.15) is 4.98 Å². The molecule has 7 nitrogen and oxygen atoms in total. The molecule has 94 valence electrons. The summed E-state index contributed by atoms with van der Waals surface area (Å²) < 4.78 is 5.10. The predicted octanol–water partition coefficient (Wildman–Crippen LogP) is 0.0558. The molecule has 2 heterocycles. The minimum absolute atomic E-state index is 0.175. The fourth-order valence-electron chi connectivity index (χ4n) is 1.69. The van der Waals surface area contributed by atoms with Crippen LogP contribution in [0, 0.1) is 0 Å². The number of rotatable bonds is 3. The highest BCUT2D eigenvalue weighted by molar-refractivity contribution is 5.74. The summed E-state index contributed by atoms with van der Waals surface area (Å²) in [5, 5.41) is 15.7. The first kappa shape index (κ1) is 11.8. The van der Waals surface area contributed by atoms with Gasteiger partial charge in [0, 0.05) is 25.6 Å². The van der Waals surface area contributed by atoms with E-state index >= 15 is 0 Å².